The van der Waals surface area contributed by atoms with Gasteiger partial charge in [-0.2, -0.15) is 0 Å². The Morgan fingerprint density at radius 3 is 1.82 bits per heavy atom. The third-order valence-corrected chi connectivity index (χ3v) is 4.37. The molecule has 0 nitrogen and oxygen atoms in total. The molecule has 0 saturated heterocycles. The van der Waals surface area contributed by atoms with Crippen molar-refractivity contribution in [1.29, 1.82) is 0 Å². The maximum absolute atomic E-state index is 2.45. The van der Waals surface area contributed by atoms with Crippen LogP contribution in [-0.2, 0) is 0 Å². The predicted molar refractivity (Wildman–Crippen MR) is 80.3 cm³/mol. The van der Waals surface area contributed by atoms with Crippen molar-refractivity contribution in [3.8, 4) is 0 Å². The van der Waals surface area contributed by atoms with Gasteiger partial charge in [-0.3, -0.25) is 0 Å². The zero-order chi connectivity index (χ0) is 13.3. The Hall–Kier alpha value is 0. The van der Waals surface area contributed by atoms with Crippen molar-refractivity contribution in [2.24, 2.45) is 23.7 Å². The second kappa shape index (κ2) is 9.97. The van der Waals surface area contributed by atoms with Crippen molar-refractivity contribution in [3.63, 3.8) is 0 Å². The molecule has 17 heavy (non-hydrogen) atoms. The molecular weight excluding hydrogens is 204 g/mol. The first-order chi connectivity index (χ1) is 7.97. The van der Waals surface area contributed by atoms with Crippen LogP contribution in [0.15, 0.2) is 0 Å². The number of rotatable bonds is 10. The predicted octanol–water partition coefficient (Wildman–Crippen LogP) is 6.30. The van der Waals surface area contributed by atoms with Gasteiger partial charge in [-0.15, -0.1) is 0 Å². The summed E-state index contributed by atoms with van der Waals surface area (Å²) in [6.45, 7) is 14.3. The number of hydrogen-bond acceptors (Lipinski definition) is 0. The monoisotopic (exact) mass is 240 g/mol. The van der Waals surface area contributed by atoms with Crippen LogP contribution in [-0.4, -0.2) is 0 Å². The van der Waals surface area contributed by atoms with E-state index in [1.807, 2.05) is 0 Å². The quantitative estimate of drug-likeness (QED) is 0.393. The van der Waals surface area contributed by atoms with Crippen LogP contribution < -0.4 is 0 Å². The molecule has 0 aliphatic heterocycles. The van der Waals surface area contributed by atoms with E-state index in [0.29, 0.717) is 0 Å². The molecule has 0 aliphatic carbocycles. The Labute approximate surface area is 111 Å². The van der Waals surface area contributed by atoms with E-state index in [0.717, 1.165) is 23.7 Å². The van der Waals surface area contributed by atoms with E-state index < -0.39 is 0 Å². The zero-order valence-electron chi connectivity index (χ0n) is 13.3. The second-order valence-corrected chi connectivity index (χ2v) is 6.74. The Morgan fingerprint density at radius 2 is 1.29 bits per heavy atom. The van der Waals surface area contributed by atoms with Gasteiger partial charge >= 0.3 is 0 Å². The molecule has 0 rings (SSSR count). The van der Waals surface area contributed by atoms with Crippen LogP contribution in [0.25, 0.3) is 0 Å². The molecule has 0 aliphatic rings. The van der Waals surface area contributed by atoms with Crippen LogP contribution in [0.5, 0.6) is 0 Å². The van der Waals surface area contributed by atoms with E-state index in [1.165, 1.54) is 44.9 Å². The van der Waals surface area contributed by atoms with E-state index in [4.69, 9.17) is 0 Å². The fourth-order valence-corrected chi connectivity index (χ4v) is 2.60. The topological polar surface area (TPSA) is 0 Å². The summed E-state index contributed by atoms with van der Waals surface area (Å²) < 4.78 is 0. The molecule has 0 fully saturated rings. The van der Waals surface area contributed by atoms with E-state index in [1.54, 1.807) is 0 Å². The summed E-state index contributed by atoms with van der Waals surface area (Å²) >= 11 is 0. The van der Waals surface area contributed by atoms with Gasteiger partial charge < -0.3 is 0 Å². The van der Waals surface area contributed by atoms with Gasteiger partial charge in [0, 0.05) is 0 Å². The molecule has 3 atom stereocenters. The minimum absolute atomic E-state index is 0.859. The average Bonchev–Trinajstić information content (AvgIpc) is 2.26. The van der Waals surface area contributed by atoms with Gasteiger partial charge in [0.2, 0.25) is 0 Å². The van der Waals surface area contributed by atoms with Gasteiger partial charge in [0.05, 0.1) is 0 Å². The molecular formula is C17H36. The second-order valence-electron chi connectivity index (χ2n) is 6.74. The Morgan fingerprint density at radius 1 is 0.706 bits per heavy atom. The molecule has 0 amide bonds. The normalized spacial score (nSPS) is 17.1. The highest BCUT2D eigenvalue weighted by molar-refractivity contribution is 4.64. The first-order valence-electron chi connectivity index (χ1n) is 7.97. The number of hydrogen-bond donors (Lipinski definition) is 0. The van der Waals surface area contributed by atoms with Crippen LogP contribution >= 0.6 is 0 Å². The molecule has 0 aromatic carbocycles. The molecule has 0 N–H and O–H groups in total. The molecule has 0 radical (unpaired) electrons. The Bertz CT molecular complexity index is 159. The van der Waals surface area contributed by atoms with Gasteiger partial charge in [-0.05, 0) is 30.1 Å². The molecule has 0 aromatic heterocycles. The molecule has 0 spiro atoms. The zero-order valence-corrected chi connectivity index (χ0v) is 13.3. The third kappa shape index (κ3) is 9.68. The van der Waals surface area contributed by atoms with Crippen molar-refractivity contribution >= 4 is 0 Å². The lowest BCUT2D eigenvalue weighted by atomic mass is 9.85. The molecule has 0 saturated carbocycles. The molecule has 0 bridgehead atoms. The number of unbranched alkanes of at least 4 members (excludes halogenated alkanes) is 2. The van der Waals surface area contributed by atoms with Crippen LogP contribution in [0, 0.1) is 23.7 Å². The smallest absolute Gasteiger partial charge is 0.0415 e. The summed E-state index contributed by atoms with van der Waals surface area (Å²) in [5, 5.41) is 0. The van der Waals surface area contributed by atoms with Gasteiger partial charge in [0.15, 0.2) is 0 Å². The average molecular weight is 240 g/mol. The highest BCUT2D eigenvalue weighted by Gasteiger charge is 2.13. The van der Waals surface area contributed by atoms with Crippen molar-refractivity contribution in [2.75, 3.05) is 0 Å². The first-order valence-corrected chi connectivity index (χ1v) is 7.97. The van der Waals surface area contributed by atoms with Crippen molar-refractivity contribution in [3.05, 3.63) is 0 Å². The van der Waals surface area contributed by atoms with E-state index >= 15 is 0 Å². The summed E-state index contributed by atoms with van der Waals surface area (Å²) in [5.41, 5.74) is 0. The van der Waals surface area contributed by atoms with Gasteiger partial charge in [0.1, 0.15) is 0 Å². The molecule has 0 aromatic rings. The summed E-state index contributed by atoms with van der Waals surface area (Å²) in [6.07, 6.45) is 9.96. The summed E-state index contributed by atoms with van der Waals surface area (Å²) in [5.74, 6) is 3.62. The highest BCUT2D eigenvalue weighted by atomic mass is 14.2. The lowest BCUT2D eigenvalue weighted by molar-refractivity contribution is 0.299. The summed E-state index contributed by atoms with van der Waals surface area (Å²) in [6, 6.07) is 0. The lowest BCUT2D eigenvalue weighted by Crippen LogP contribution is -2.10. The SMILES string of the molecule is CCC(C)CCCCCC(C)C(C)CC(C)C. The molecule has 104 valence electrons. The maximum atomic E-state index is 2.45. The lowest BCUT2D eigenvalue weighted by Gasteiger charge is -2.21. The maximum Gasteiger partial charge on any atom is -0.0415 e. The van der Waals surface area contributed by atoms with Crippen molar-refractivity contribution in [1.82, 2.24) is 0 Å². The standard InChI is InChI=1S/C17H36/c1-7-15(4)11-9-8-10-12-16(5)17(6)13-14(2)3/h14-17H,7-13H2,1-6H3. The summed E-state index contributed by atoms with van der Waals surface area (Å²) in [4.78, 5) is 0. The van der Waals surface area contributed by atoms with Gasteiger partial charge in [0.25, 0.3) is 0 Å². The molecule has 0 heteroatoms. The van der Waals surface area contributed by atoms with Gasteiger partial charge in [-0.1, -0.05) is 80.1 Å². The third-order valence-electron chi connectivity index (χ3n) is 4.37. The minimum atomic E-state index is 0.859. The van der Waals surface area contributed by atoms with Crippen molar-refractivity contribution < 1.29 is 0 Å². The largest absolute Gasteiger partial charge is 0.0651 e. The fraction of sp³-hybridized carbons (Fsp3) is 1.00. The minimum Gasteiger partial charge on any atom is -0.0651 e. The Kier molecular flexibility index (Phi) is 9.97. The van der Waals surface area contributed by atoms with Crippen LogP contribution in [0.4, 0.5) is 0 Å². The Balaban J connectivity index is 3.47. The van der Waals surface area contributed by atoms with E-state index in [9.17, 15) is 0 Å². The fourth-order valence-electron chi connectivity index (χ4n) is 2.60. The molecule has 0 heterocycles. The van der Waals surface area contributed by atoms with Crippen molar-refractivity contribution in [2.45, 2.75) is 86.5 Å². The van der Waals surface area contributed by atoms with Crippen LogP contribution in [0.2, 0.25) is 0 Å². The van der Waals surface area contributed by atoms with Crippen LogP contribution in [0.1, 0.15) is 86.5 Å². The highest BCUT2D eigenvalue weighted by Crippen LogP contribution is 2.24. The van der Waals surface area contributed by atoms with Gasteiger partial charge in [-0.25, -0.2) is 0 Å². The van der Waals surface area contributed by atoms with E-state index in [-0.39, 0.29) is 0 Å². The van der Waals surface area contributed by atoms with Crippen LogP contribution in [0.3, 0.4) is 0 Å². The molecule has 3 unspecified atom stereocenters. The van der Waals surface area contributed by atoms with E-state index in [2.05, 4.69) is 41.5 Å². The first kappa shape index (κ1) is 17.0. The summed E-state index contributed by atoms with van der Waals surface area (Å²) in [7, 11) is 0.